The first-order valence-electron chi connectivity index (χ1n) is 11.2. The monoisotopic (exact) mass is 518 g/mol. The fourth-order valence-electron chi connectivity index (χ4n) is 4.58. The Morgan fingerprint density at radius 1 is 0.742 bits per heavy atom. The Hall–Kier alpha value is -2.22. The van der Waals surface area contributed by atoms with Gasteiger partial charge >= 0.3 is 0 Å². The van der Waals surface area contributed by atoms with Gasteiger partial charge in [-0.15, -0.1) is 0 Å². The van der Waals surface area contributed by atoms with Crippen LogP contribution in [0.25, 0.3) is 10.8 Å². The highest BCUT2D eigenvalue weighted by Crippen LogP contribution is 2.40. The number of hydrogen-bond donors (Lipinski definition) is 0. The molecule has 0 aromatic heterocycles. The zero-order chi connectivity index (χ0) is 21.9. The maximum atomic E-state index is 3.53. The van der Waals surface area contributed by atoms with Crippen LogP contribution in [0.3, 0.4) is 0 Å². The third-order valence-corrected chi connectivity index (χ3v) is 8.71. The SMILES string of the molecule is CCC(C)(C1=CC=CI=C=C1)c1ccc2ccc(C(C)(CC)c3ccccc3)cc2c1. The van der Waals surface area contributed by atoms with Gasteiger partial charge in [-0.3, -0.25) is 0 Å². The van der Waals surface area contributed by atoms with Gasteiger partial charge in [-0.1, -0.05) is 110 Å². The molecule has 0 spiro atoms. The molecule has 0 amide bonds. The molecule has 1 aliphatic rings. The summed E-state index contributed by atoms with van der Waals surface area (Å²) in [5.41, 5.74) is 5.51. The number of halogens is 1. The molecule has 0 nitrogen and oxygen atoms in total. The summed E-state index contributed by atoms with van der Waals surface area (Å²) in [4.78, 5) is 0. The van der Waals surface area contributed by atoms with E-state index in [2.05, 4.69) is 120 Å². The van der Waals surface area contributed by atoms with Crippen LogP contribution in [-0.4, -0.2) is 3.67 Å². The summed E-state index contributed by atoms with van der Waals surface area (Å²) in [6, 6.07) is 25.0. The fraction of sp³-hybridized carbons (Fsp3) is 0.267. The van der Waals surface area contributed by atoms with Crippen LogP contribution >= 0.6 is 20.7 Å². The van der Waals surface area contributed by atoms with E-state index < -0.39 is 0 Å². The zero-order valence-corrected chi connectivity index (χ0v) is 21.1. The quantitative estimate of drug-likeness (QED) is 0.287. The topological polar surface area (TPSA) is 0 Å². The standard InChI is InChI=1S/C30H31I/c1-5-29(3,25-11-8-7-9-12-25)27-16-14-23-15-17-28(22-24(23)21-27)30(4,6-2)26-13-10-19-31-20-18-26/h7-19,21-22H,5-6H2,1-4H3. The highest BCUT2D eigenvalue weighted by molar-refractivity contribution is 14.2. The number of hydrogen-bond acceptors (Lipinski definition) is 0. The van der Waals surface area contributed by atoms with Gasteiger partial charge in [0.1, 0.15) is 0 Å². The van der Waals surface area contributed by atoms with E-state index in [9.17, 15) is 0 Å². The summed E-state index contributed by atoms with van der Waals surface area (Å²) in [5.74, 6) is 0. The van der Waals surface area contributed by atoms with Crippen molar-refractivity contribution < 1.29 is 0 Å². The molecule has 0 saturated carbocycles. The highest BCUT2D eigenvalue weighted by Gasteiger charge is 2.29. The van der Waals surface area contributed by atoms with Gasteiger partial charge in [0.2, 0.25) is 0 Å². The molecule has 158 valence electrons. The molecule has 0 N–H and O–H groups in total. The Bertz CT molecular complexity index is 1210. The first-order chi connectivity index (χ1) is 15.0. The number of fused-ring (bicyclic) bond motifs is 1. The van der Waals surface area contributed by atoms with Gasteiger partial charge in [-0.25, -0.2) is 0 Å². The van der Waals surface area contributed by atoms with Crippen LogP contribution in [0.4, 0.5) is 0 Å². The van der Waals surface area contributed by atoms with Gasteiger partial charge in [-0.2, -0.15) is 0 Å². The predicted octanol–water partition coefficient (Wildman–Crippen LogP) is 8.61. The normalized spacial score (nSPS) is 17.4. The summed E-state index contributed by atoms with van der Waals surface area (Å²) >= 11 is -0.0732. The van der Waals surface area contributed by atoms with Crippen LogP contribution in [0.1, 0.15) is 57.2 Å². The summed E-state index contributed by atoms with van der Waals surface area (Å²) in [7, 11) is 0. The lowest BCUT2D eigenvalue weighted by Gasteiger charge is -2.32. The van der Waals surface area contributed by atoms with Crippen molar-refractivity contribution in [2.75, 3.05) is 0 Å². The number of benzene rings is 3. The minimum atomic E-state index is -0.0732. The highest BCUT2D eigenvalue weighted by atomic mass is 127. The first-order valence-corrected chi connectivity index (χ1v) is 13.5. The maximum absolute atomic E-state index is 3.53. The van der Waals surface area contributed by atoms with Crippen molar-refractivity contribution >= 4 is 35.2 Å². The van der Waals surface area contributed by atoms with E-state index >= 15 is 0 Å². The van der Waals surface area contributed by atoms with Crippen LogP contribution in [-0.2, 0) is 10.8 Å². The molecule has 2 atom stereocenters. The van der Waals surface area contributed by atoms with E-state index in [0.717, 1.165) is 12.8 Å². The fourth-order valence-corrected chi connectivity index (χ4v) is 5.72. The third kappa shape index (κ3) is 4.14. The smallest absolute Gasteiger partial charge is 0.0178 e. The summed E-state index contributed by atoms with van der Waals surface area (Å²) < 4.78 is 5.81. The van der Waals surface area contributed by atoms with Crippen LogP contribution < -0.4 is 0 Å². The molecule has 4 rings (SSSR count). The lowest BCUT2D eigenvalue weighted by molar-refractivity contribution is 0.548. The van der Waals surface area contributed by atoms with Crippen LogP contribution in [0.5, 0.6) is 0 Å². The number of rotatable bonds is 6. The Morgan fingerprint density at radius 3 is 2.03 bits per heavy atom. The predicted molar refractivity (Wildman–Crippen MR) is 146 cm³/mol. The molecule has 1 heteroatoms. The molecule has 0 bridgehead atoms. The average molecular weight is 518 g/mol. The molecule has 3 aromatic carbocycles. The van der Waals surface area contributed by atoms with Crippen molar-refractivity contribution in [3.05, 3.63) is 111 Å². The minimum Gasteiger partial charge on any atom is -0.0822 e. The van der Waals surface area contributed by atoms with E-state index in [0.29, 0.717) is 0 Å². The molecule has 31 heavy (non-hydrogen) atoms. The molecule has 0 saturated heterocycles. The minimum absolute atomic E-state index is 0.00941. The van der Waals surface area contributed by atoms with Gasteiger partial charge < -0.3 is 0 Å². The second-order valence-electron chi connectivity index (χ2n) is 8.82. The molecule has 3 aromatic rings. The molecule has 1 aliphatic heterocycles. The van der Waals surface area contributed by atoms with Crippen molar-refractivity contribution in [3.63, 3.8) is 0 Å². The lowest BCUT2D eigenvalue weighted by Crippen LogP contribution is -2.23. The zero-order valence-electron chi connectivity index (χ0n) is 19.0. The Kier molecular flexibility index (Phi) is 6.46. The summed E-state index contributed by atoms with van der Waals surface area (Å²) in [5, 5.41) is 2.63. The molecular formula is C30H31I. The van der Waals surface area contributed by atoms with Crippen LogP contribution in [0.15, 0.2) is 94.6 Å². The third-order valence-electron chi connectivity index (χ3n) is 7.26. The van der Waals surface area contributed by atoms with Gasteiger partial charge in [-0.05, 0) is 76.8 Å². The maximum Gasteiger partial charge on any atom is 0.0178 e. The van der Waals surface area contributed by atoms with Crippen molar-refractivity contribution in [1.82, 2.24) is 0 Å². The Morgan fingerprint density at radius 2 is 1.39 bits per heavy atom. The second-order valence-corrected chi connectivity index (χ2v) is 10.8. The largest absolute Gasteiger partial charge is 0.0822 e. The van der Waals surface area contributed by atoms with Gasteiger partial charge in [0.25, 0.3) is 0 Å². The van der Waals surface area contributed by atoms with E-state index in [4.69, 9.17) is 0 Å². The number of allylic oxidation sites excluding steroid dienone is 4. The van der Waals surface area contributed by atoms with Gasteiger partial charge in [0, 0.05) is 10.8 Å². The molecule has 2 unspecified atom stereocenters. The van der Waals surface area contributed by atoms with E-state index in [1.165, 1.54) is 33.0 Å². The van der Waals surface area contributed by atoms with Crippen LogP contribution in [0, 0.1) is 0 Å². The van der Waals surface area contributed by atoms with E-state index in [1.807, 2.05) is 0 Å². The molecule has 0 radical (unpaired) electrons. The van der Waals surface area contributed by atoms with Crippen molar-refractivity contribution in [1.29, 1.82) is 0 Å². The molecule has 0 fully saturated rings. The first kappa shape index (κ1) is 22.0. The Labute approximate surface area is 197 Å². The van der Waals surface area contributed by atoms with E-state index in [-0.39, 0.29) is 31.6 Å². The van der Waals surface area contributed by atoms with Crippen molar-refractivity contribution in [2.45, 2.75) is 51.4 Å². The molecule has 0 aliphatic carbocycles. The summed E-state index contributed by atoms with van der Waals surface area (Å²) in [6.45, 7) is 9.33. The molecule has 1 heterocycles. The average Bonchev–Trinajstić information content (AvgIpc) is 3.13. The molecular weight excluding hydrogens is 487 g/mol. The second kappa shape index (κ2) is 9.10. The van der Waals surface area contributed by atoms with Gasteiger partial charge in [0.15, 0.2) is 0 Å². The lowest BCUT2D eigenvalue weighted by atomic mass is 9.72. The van der Waals surface area contributed by atoms with Crippen molar-refractivity contribution in [3.8, 4) is 0 Å². The van der Waals surface area contributed by atoms with Gasteiger partial charge in [0.05, 0.1) is 0 Å². The van der Waals surface area contributed by atoms with Crippen molar-refractivity contribution in [2.24, 2.45) is 0 Å². The van der Waals surface area contributed by atoms with Crippen LogP contribution in [0.2, 0.25) is 0 Å². The summed E-state index contributed by atoms with van der Waals surface area (Å²) in [6.07, 6.45) is 8.87. The van der Waals surface area contributed by atoms with E-state index in [1.54, 1.807) is 0 Å². The Balaban J connectivity index is 1.83.